The number of aliphatic carboxylic acids is 6. The summed E-state index contributed by atoms with van der Waals surface area (Å²) in [7, 11) is 0. The van der Waals surface area contributed by atoms with Crippen LogP contribution in [0.15, 0.2) is 0 Å². The molecule has 0 radical (unpaired) electrons. The molecular formula is C12H24Ce2O12. The summed E-state index contributed by atoms with van der Waals surface area (Å²) in [6.07, 6.45) is 0. The van der Waals surface area contributed by atoms with Crippen molar-refractivity contribution >= 4 is 35.8 Å². The number of hydrogen-bond acceptors (Lipinski definition) is 6. The van der Waals surface area contributed by atoms with E-state index in [2.05, 4.69) is 0 Å². The van der Waals surface area contributed by atoms with Gasteiger partial charge in [0.1, 0.15) is 0 Å². The molecule has 0 amide bonds. The van der Waals surface area contributed by atoms with Crippen molar-refractivity contribution in [2.75, 3.05) is 0 Å². The summed E-state index contributed by atoms with van der Waals surface area (Å²) in [6.45, 7) is 6.50. The SMILES string of the molecule is CC(=O)O.CC(=O)O.CC(=O)O.CC(=O)O.CC(=O)O.CC(=O)O.[Ce].[Ce]. The van der Waals surface area contributed by atoms with Crippen LogP contribution >= 0.6 is 0 Å². The number of hydrogen-bond donors (Lipinski definition) is 6. The van der Waals surface area contributed by atoms with Gasteiger partial charge in [0.05, 0.1) is 0 Å². The summed E-state index contributed by atoms with van der Waals surface area (Å²) in [5, 5.41) is 44.5. The van der Waals surface area contributed by atoms with Crippen molar-refractivity contribution < 1.29 is 143 Å². The largest absolute Gasteiger partial charge is 0.481 e. The second-order valence-electron chi connectivity index (χ2n) is 3.11. The van der Waals surface area contributed by atoms with Crippen LogP contribution in [0.4, 0.5) is 0 Å². The maximum atomic E-state index is 9.00. The summed E-state index contributed by atoms with van der Waals surface area (Å²) in [4.78, 5) is 54.0. The van der Waals surface area contributed by atoms with E-state index in [0.29, 0.717) is 0 Å². The molecule has 0 aromatic rings. The zero-order valence-corrected chi connectivity index (χ0v) is 21.4. The first-order valence-electron chi connectivity index (χ1n) is 5.57. The molecule has 0 aliphatic carbocycles. The van der Waals surface area contributed by atoms with Crippen LogP contribution in [0.25, 0.3) is 0 Å². The van der Waals surface area contributed by atoms with Gasteiger partial charge in [-0.1, -0.05) is 0 Å². The summed E-state index contributed by atoms with van der Waals surface area (Å²) in [6, 6.07) is 0. The van der Waals surface area contributed by atoms with Gasteiger partial charge in [-0.25, -0.2) is 0 Å². The van der Waals surface area contributed by atoms with E-state index in [9.17, 15) is 0 Å². The Morgan fingerprint density at radius 3 is 0.346 bits per heavy atom. The molecule has 0 aromatic carbocycles. The first-order chi connectivity index (χ1) is 10.4. The van der Waals surface area contributed by atoms with E-state index in [0.717, 1.165) is 41.5 Å². The molecular weight excluding hydrogens is 616 g/mol. The number of carboxylic acids is 6. The van der Waals surface area contributed by atoms with Gasteiger partial charge in [-0.05, 0) is 0 Å². The first kappa shape index (κ1) is 50.0. The minimum atomic E-state index is -0.833. The molecule has 14 heteroatoms. The van der Waals surface area contributed by atoms with E-state index in [1.54, 1.807) is 0 Å². The van der Waals surface area contributed by atoms with Gasteiger partial charge in [0.15, 0.2) is 0 Å². The van der Waals surface area contributed by atoms with Crippen LogP contribution in [0.1, 0.15) is 41.5 Å². The van der Waals surface area contributed by atoms with E-state index in [1.807, 2.05) is 0 Å². The van der Waals surface area contributed by atoms with Gasteiger partial charge in [0, 0.05) is 125 Å². The fourth-order valence-corrected chi connectivity index (χ4v) is 0. The molecule has 0 bridgehead atoms. The minimum absolute atomic E-state index is 0. The van der Waals surface area contributed by atoms with Crippen molar-refractivity contribution in [1.82, 2.24) is 0 Å². The molecule has 0 heterocycles. The quantitative estimate of drug-likeness (QED) is 0.214. The molecule has 12 nitrogen and oxygen atoms in total. The molecule has 0 aliphatic rings. The van der Waals surface area contributed by atoms with Crippen LogP contribution in [0.3, 0.4) is 0 Å². The van der Waals surface area contributed by atoms with Crippen molar-refractivity contribution in [1.29, 1.82) is 0 Å². The average Bonchev–Trinajstić information content (AvgIpc) is 2.08. The topological polar surface area (TPSA) is 224 Å². The average molecular weight is 641 g/mol. The molecule has 26 heavy (non-hydrogen) atoms. The summed E-state index contributed by atoms with van der Waals surface area (Å²) < 4.78 is 0. The second-order valence-corrected chi connectivity index (χ2v) is 3.11. The molecule has 6 N–H and O–H groups in total. The van der Waals surface area contributed by atoms with Crippen LogP contribution in [-0.4, -0.2) is 66.5 Å². The zero-order valence-electron chi connectivity index (χ0n) is 15.1. The Balaban J connectivity index is -0.0000000245. The minimum Gasteiger partial charge on any atom is -0.481 e. The molecule has 0 atom stereocenters. The van der Waals surface area contributed by atoms with Gasteiger partial charge < -0.3 is 30.6 Å². The van der Waals surface area contributed by atoms with Gasteiger partial charge in [0.2, 0.25) is 0 Å². The monoisotopic (exact) mass is 640 g/mol. The Labute approximate surface area is 217 Å². The van der Waals surface area contributed by atoms with E-state index >= 15 is 0 Å². The van der Waals surface area contributed by atoms with Crippen molar-refractivity contribution in [2.24, 2.45) is 0 Å². The third-order valence-corrected chi connectivity index (χ3v) is 0. The van der Waals surface area contributed by atoms with E-state index in [-0.39, 0.29) is 83.5 Å². The molecule has 0 aliphatic heterocycles. The Morgan fingerprint density at radius 2 is 0.346 bits per heavy atom. The van der Waals surface area contributed by atoms with E-state index < -0.39 is 35.8 Å². The van der Waals surface area contributed by atoms with Crippen LogP contribution in [0.2, 0.25) is 0 Å². The molecule has 0 unspecified atom stereocenters. The van der Waals surface area contributed by atoms with Crippen LogP contribution in [0, 0.1) is 83.5 Å². The molecule has 152 valence electrons. The molecule has 0 rings (SSSR count). The summed E-state index contributed by atoms with van der Waals surface area (Å²) in [5.41, 5.74) is 0. The van der Waals surface area contributed by atoms with Crippen molar-refractivity contribution in [2.45, 2.75) is 41.5 Å². The third-order valence-electron chi connectivity index (χ3n) is 0. The number of carbonyl (C=O) groups is 6. The van der Waals surface area contributed by atoms with Crippen LogP contribution in [-0.2, 0) is 28.8 Å². The predicted molar refractivity (Wildman–Crippen MR) is 79.9 cm³/mol. The number of rotatable bonds is 0. The Bertz CT molecular complexity index is 265. The maximum Gasteiger partial charge on any atom is 0.300 e. The summed E-state index contributed by atoms with van der Waals surface area (Å²) in [5.74, 6) is -5.00. The van der Waals surface area contributed by atoms with E-state index in [4.69, 9.17) is 59.4 Å². The van der Waals surface area contributed by atoms with Gasteiger partial charge >= 0.3 is 0 Å². The Morgan fingerprint density at radius 1 is 0.346 bits per heavy atom. The maximum absolute atomic E-state index is 9.00. The molecule has 0 fully saturated rings. The van der Waals surface area contributed by atoms with Gasteiger partial charge in [0.25, 0.3) is 35.8 Å². The Hall–Kier alpha value is -0.427. The van der Waals surface area contributed by atoms with Crippen LogP contribution in [0.5, 0.6) is 0 Å². The predicted octanol–water partition coefficient (Wildman–Crippen LogP) is 0.545. The first-order valence-corrected chi connectivity index (χ1v) is 5.57. The van der Waals surface area contributed by atoms with Crippen molar-refractivity contribution in [3.05, 3.63) is 0 Å². The Kier molecular flexibility index (Phi) is 85.0. The smallest absolute Gasteiger partial charge is 0.300 e. The van der Waals surface area contributed by atoms with Crippen molar-refractivity contribution in [3.8, 4) is 0 Å². The molecule has 0 saturated heterocycles. The molecule has 0 aromatic heterocycles. The molecule has 0 spiro atoms. The standard InChI is InChI=1S/6C2H4O2.2Ce/c6*1-2(3)4;;/h6*1H3,(H,3,4);;. The number of carboxylic acid groups (broad SMARTS) is 6. The van der Waals surface area contributed by atoms with Crippen molar-refractivity contribution in [3.63, 3.8) is 0 Å². The zero-order chi connectivity index (χ0) is 21.5. The van der Waals surface area contributed by atoms with Gasteiger partial charge in [-0.2, -0.15) is 0 Å². The van der Waals surface area contributed by atoms with Crippen LogP contribution < -0.4 is 0 Å². The van der Waals surface area contributed by atoms with E-state index in [1.165, 1.54) is 0 Å². The summed E-state index contributed by atoms with van der Waals surface area (Å²) >= 11 is 0. The fraction of sp³-hybridized carbons (Fsp3) is 0.500. The second kappa shape index (κ2) is 44.2. The normalized spacial score (nSPS) is 5.77. The third kappa shape index (κ3) is 66000. The fourth-order valence-electron chi connectivity index (χ4n) is 0. The molecule has 0 saturated carbocycles. The van der Waals surface area contributed by atoms with Gasteiger partial charge in [-0.3, -0.25) is 28.8 Å². The van der Waals surface area contributed by atoms with Gasteiger partial charge in [-0.15, -0.1) is 0 Å².